The minimum atomic E-state index is 0.170. The first-order valence-electron chi connectivity index (χ1n) is 10.8. The van der Waals surface area contributed by atoms with Gasteiger partial charge < -0.3 is 4.90 Å². The molecule has 0 bridgehead atoms. The summed E-state index contributed by atoms with van der Waals surface area (Å²) in [6.45, 7) is 1.58. The van der Waals surface area contributed by atoms with Crippen LogP contribution < -0.4 is 0 Å². The van der Waals surface area contributed by atoms with Crippen molar-refractivity contribution in [3.05, 3.63) is 29.3 Å². The molecule has 1 aromatic carbocycles. The predicted molar refractivity (Wildman–Crippen MR) is 119 cm³/mol. The first kappa shape index (κ1) is 19.9. The maximum Gasteiger partial charge on any atom is 0.233 e. The van der Waals surface area contributed by atoms with E-state index in [1.165, 1.54) is 35.7 Å². The van der Waals surface area contributed by atoms with Crippen LogP contribution in [0, 0.1) is 0 Å². The van der Waals surface area contributed by atoms with E-state index in [0.29, 0.717) is 17.7 Å². The Kier molecular flexibility index (Phi) is 5.99. The van der Waals surface area contributed by atoms with Gasteiger partial charge >= 0.3 is 0 Å². The Morgan fingerprint density at radius 1 is 1.13 bits per heavy atom. The first-order chi connectivity index (χ1) is 14.8. The lowest BCUT2D eigenvalue weighted by molar-refractivity contribution is -0.129. The monoisotopic (exact) mass is 442 g/mol. The van der Waals surface area contributed by atoms with Gasteiger partial charge in [-0.1, -0.05) is 43.2 Å². The summed E-state index contributed by atoms with van der Waals surface area (Å²) in [6, 6.07) is 8.65. The highest BCUT2D eigenvalue weighted by Crippen LogP contribution is 2.34. The molecule has 3 heterocycles. The average Bonchev–Trinajstić information content (AvgIpc) is 3.45. The van der Waals surface area contributed by atoms with E-state index in [1.807, 2.05) is 15.6 Å². The molecular weight excluding hydrogens is 416 g/mol. The third-order valence-electron chi connectivity index (χ3n) is 6.14. The number of tetrazole rings is 1. The number of carbonyl (C=O) groups excluding carboxylic acids is 1. The molecule has 0 radical (unpaired) electrons. The van der Waals surface area contributed by atoms with Gasteiger partial charge in [0.15, 0.2) is 0 Å². The minimum Gasteiger partial charge on any atom is -0.341 e. The van der Waals surface area contributed by atoms with E-state index in [9.17, 15) is 4.79 Å². The molecule has 158 valence electrons. The quantitative estimate of drug-likeness (QED) is 0.549. The molecule has 5 rings (SSSR count). The molecule has 1 amide bonds. The number of aromatic nitrogens is 5. The Labute approximate surface area is 184 Å². The molecule has 30 heavy (non-hydrogen) atoms. The Bertz CT molecular complexity index is 979. The van der Waals surface area contributed by atoms with E-state index in [-0.39, 0.29) is 5.91 Å². The fraction of sp³-hybridized carbons (Fsp3) is 0.571. The number of carbonyl (C=O) groups is 1. The first-order valence-corrected chi connectivity index (χ1v) is 12.6. The summed E-state index contributed by atoms with van der Waals surface area (Å²) in [5, 5.41) is 14.2. The van der Waals surface area contributed by atoms with Crippen LogP contribution in [0.3, 0.4) is 0 Å². The van der Waals surface area contributed by atoms with Gasteiger partial charge in [0.2, 0.25) is 11.1 Å². The maximum absolute atomic E-state index is 12.9. The lowest BCUT2D eigenvalue weighted by Crippen LogP contribution is -2.40. The van der Waals surface area contributed by atoms with E-state index in [2.05, 4.69) is 33.7 Å². The summed E-state index contributed by atoms with van der Waals surface area (Å²) < 4.78 is 3.16. The van der Waals surface area contributed by atoms with Crippen LogP contribution in [-0.2, 0) is 4.79 Å². The van der Waals surface area contributed by atoms with Crippen LogP contribution in [0.1, 0.15) is 61.9 Å². The summed E-state index contributed by atoms with van der Waals surface area (Å²) in [7, 11) is 0. The molecule has 1 aliphatic carbocycles. The molecule has 1 aliphatic heterocycles. The lowest BCUT2D eigenvalue weighted by Gasteiger charge is -2.31. The van der Waals surface area contributed by atoms with Gasteiger partial charge in [-0.3, -0.25) is 4.79 Å². The average molecular weight is 443 g/mol. The molecule has 0 spiro atoms. The molecule has 3 aromatic rings. The molecule has 1 saturated heterocycles. The second kappa shape index (κ2) is 9.01. The van der Waals surface area contributed by atoms with E-state index < -0.39 is 0 Å². The second-order valence-corrected chi connectivity index (χ2v) is 10.2. The molecule has 2 aliphatic rings. The Morgan fingerprint density at radius 2 is 2.00 bits per heavy atom. The molecule has 2 fully saturated rings. The van der Waals surface area contributed by atoms with E-state index in [4.69, 9.17) is 4.98 Å². The smallest absolute Gasteiger partial charge is 0.233 e. The zero-order valence-corrected chi connectivity index (χ0v) is 18.6. The molecule has 1 saturated carbocycles. The third kappa shape index (κ3) is 4.23. The minimum absolute atomic E-state index is 0.170. The number of thioether (sulfide) groups is 1. The number of nitrogens with zero attached hydrogens (tertiary/aromatic N) is 6. The number of hydrogen-bond donors (Lipinski definition) is 0. The Morgan fingerprint density at radius 3 is 2.87 bits per heavy atom. The topological polar surface area (TPSA) is 76.8 Å². The van der Waals surface area contributed by atoms with Gasteiger partial charge in [0.25, 0.3) is 0 Å². The zero-order valence-electron chi connectivity index (χ0n) is 16.9. The van der Waals surface area contributed by atoms with Gasteiger partial charge in [-0.25, -0.2) is 9.67 Å². The van der Waals surface area contributed by atoms with Crippen molar-refractivity contribution in [2.75, 3.05) is 18.8 Å². The summed E-state index contributed by atoms with van der Waals surface area (Å²) in [5.41, 5.74) is 1.06. The van der Waals surface area contributed by atoms with Gasteiger partial charge in [-0.15, -0.1) is 16.4 Å². The fourth-order valence-corrected chi connectivity index (χ4v) is 6.46. The predicted octanol–water partition coefficient (Wildman–Crippen LogP) is 4.29. The van der Waals surface area contributed by atoms with Crippen molar-refractivity contribution >= 4 is 39.2 Å². The van der Waals surface area contributed by atoms with Gasteiger partial charge in [-0.2, -0.15) is 0 Å². The maximum atomic E-state index is 12.9. The number of thiazole rings is 1. The molecule has 0 unspecified atom stereocenters. The van der Waals surface area contributed by atoms with Crippen LogP contribution in [0.25, 0.3) is 10.2 Å². The molecular formula is C21H26N6OS2. The van der Waals surface area contributed by atoms with Crippen molar-refractivity contribution in [1.82, 2.24) is 30.1 Å². The third-order valence-corrected chi connectivity index (χ3v) is 8.26. The molecule has 7 nitrogen and oxygen atoms in total. The highest BCUT2D eigenvalue weighted by molar-refractivity contribution is 7.99. The van der Waals surface area contributed by atoms with E-state index >= 15 is 0 Å². The van der Waals surface area contributed by atoms with Crippen molar-refractivity contribution in [1.29, 1.82) is 0 Å². The van der Waals surface area contributed by atoms with Crippen LogP contribution in [0.5, 0.6) is 0 Å². The van der Waals surface area contributed by atoms with E-state index in [0.717, 1.165) is 54.5 Å². The fourth-order valence-electron chi connectivity index (χ4n) is 4.52. The van der Waals surface area contributed by atoms with Gasteiger partial charge in [0.1, 0.15) is 0 Å². The number of likely N-dealkylation sites (tertiary alicyclic amines) is 1. The largest absolute Gasteiger partial charge is 0.341 e. The standard InChI is InChI=1S/C21H26N6OS2/c28-19(14-29-21-23-24-25-27(21)16-8-2-1-3-9-16)26-12-6-7-15(13-26)20-22-17-10-4-5-11-18(17)30-20/h4-5,10-11,15-16H,1-3,6-9,12-14H2/t15-/m1/s1. The SMILES string of the molecule is O=C(CSc1nnnn1C1CCCCC1)N1CCC[C@@H](c2nc3ccccc3s2)C1. The molecule has 1 atom stereocenters. The van der Waals surface area contributed by atoms with Crippen molar-refractivity contribution in [3.63, 3.8) is 0 Å². The highest BCUT2D eigenvalue weighted by atomic mass is 32.2. The van der Waals surface area contributed by atoms with Crippen molar-refractivity contribution in [2.24, 2.45) is 0 Å². The number of piperidine rings is 1. The number of hydrogen-bond acceptors (Lipinski definition) is 7. The highest BCUT2D eigenvalue weighted by Gasteiger charge is 2.28. The van der Waals surface area contributed by atoms with Crippen molar-refractivity contribution in [3.8, 4) is 0 Å². The van der Waals surface area contributed by atoms with Gasteiger partial charge in [0, 0.05) is 19.0 Å². The number of fused-ring (bicyclic) bond motifs is 1. The van der Waals surface area contributed by atoms with Crippen LogP contribution >= 0.6 is 23.1 Å². The lowest BCUT2D eigenvalue weighted by atomic mass is 9.96. The zero-order chi connectivity index (χ0) is 20.3. The van der Waals surface area contributed by atoms with Gasteiger partial charge in [0.05, 0.1) is 27.0 Å². The van der Waals surface area contributed by atoms with Crippen LogP contribution in [0.2, 0.25) is 0 Å². The van der Waals surface area contributed by atoms with Gasteiger partial charge in [-0.05, 0) is 48.2 Å². The summed E-state index contributed by atoms with van der Waals surface area (Å²) >= 11 is 3.24. The van der Waals surface area contributed by atoms with Crippen molar-refractivity contribution < 1.29 is 4.79 Å². The molecule has 2 aromatic heterocycles. The molecule has 0 N–H and O–H groups in total. The second-order valence-electron chi connectivity index (χ2n) is 8.19. The van der Waals surface area contributed by atoms with Crippen LogP contribution in [0.15, 0.2) is 29.4 Å². The van der Waals surface area contributed by atoms with E-state index in [1.54, 1.807) is 11.3 Å². The van der Waals surface area contributed by atoms with Crippen LogP contribution in [0.4, 0.5) is 0 Å². The number of benzene rings is 1. The summed E-state index contributed by atoms with van der Waals surface area (Å²) in [5.74, 6) is 0.890. The van der Waals surface area contributed by atoms with Crippen molar-refractivity contribution in [2.45, 2.75) is 62.1 Å². The number of para-hydroxylation sites is 1. The number of amides is 1. The number of rotatable bonds is 5. The molecule has 9 heteroatoms. The van der Waals surface area contributed by atoms with Crippen LogP contribution in [-0.4, -0.2) is 54.8 Å². The Balaban J connectivity index is 1.21. The normalized spacial score (nSPS) is 20.7. The summed E-state index contributed by atoms with van der Waals surface area (Å²) in [4.78, 5) is 19.8. The summed E-state index contributed by atoms with van der Waals surface area (Å²) in [6.07, 6.45) is 8.13. The Hall–Kier alpha value is -2.00.